The van der Waals surface area contributed by atoms with Crippen LogP contribution in [-0.4, -0.2) is 24.5 Å². The third-order valence-corrected chi connectivity index (χ3v) is 4.28. The van der Waals surface area contributed by atoms with Crippen molar-refractivity contribution in [2.24, 2.45) is 0 Å². The van der Waals surface area contributed by atoms with Gasteiger partial charge in [0.05, 0.1) is 25.0 Å². The highest BCUT2D eigenvalue weighted by Gasteiger charge is 2.28. The molecule has 1 amide bonds. The summed E-state index contributed by atoms with van der Waals surface area (Å²) in [5, 5.41) is 0. The number of hydrogen-bond acceptors (Lipinski definition) is 3. The second-order valence-electron chi connectivity index (χ2n) is 5.65. The van der Waals surface area contributed by atoms with Gasteiger partial charge in [0.25, 0.3) is 5.91 Å². The first-order valence-electron chi connectivity index (χ1n) is 7.76. The molecular weight excluding hydrogens is 278 g/mol. The number of hydrogen-bond donors (Lipinski definition) is 0. The fourth-order valence-electron chi connectivity index (χ4n) is 3.08. The molecule has 0 bridgehead atoms. The molecule has 2 heterocycles. The Morgan fingerprint density at radius 1 is 1.18 bits per heavy atom. The standard InChI is InChI=1S/C18H21NO3/c1-21-16-8-6-14(7-9-16)17-5-3-2-4-11-19(17)18(20)15-10-12-22-13-15/h6-10,12-13,17H,2-5,11H2,1H3. The molecule has 0 saturated carbocycles. The molecule has 0 radical (unpaired) electrons. The normalized spacial score (nSPS) is 18.8. The maximum Gasteiger partial charge on any atom is 0.257 e. The maximum atomic E-state index is 12.8. The van der Waals surface area contributed by atoms with E-state index in [2.05, 4.69) is 12.1 Å². The van der Waals surface area contributed by atoms with Gasteiger partial charge in [-0.3, -0.25) is 4.79 Å². The third-order valence-electron chi connectivity index (χ3n) is 4.28. The van der Waals surface area contributed by atoms with Crippen molar-refractivity contribution in [1.82, 2.24) is 4.90 Å². The van der Waals surface area contributed by atoms with Crippen LogP contribution >= 0.6 is 0 Å². The van der Waals surface area contributed by atoms with E-state index in [1.807, 2.05) is 17.0 Å². The van der Waals surface area contributed by atoms with E-state index in [-0.39, 0.29) is 11.9 Å². The lowest BCUT2D eigenvalue weighted by Gasteiger charge is -2.30. The number of amides is 1. The highest BCUT2D eigenvalue weighted by atomic mass is 16.5. The molecule has 0 N–H and O–H groups in total. The van der Waals surface area contributed by atoms with Crippen LogP contribution in [0.1, 0.15) is 47.6 Å². The summed E-state index contributed by atoms with van der Waals surface area (Å²) in [5.74, 6) is 0.890. The number of methoxy groups -OCH3 is 1. The van der Waals surface area contributed by atoms with Gasteiger partial charge in [-0.2, -0.15) is 0 Å². The van der Waals surface area contributed by atoms with E-state index in [0.29, 0.717) is 5.56 Å². The minimum Gasteiger partial charge on any atom is -0.497 e. The third kappa shape index (κ3) is 3.01. The van der Waals surface area contributed by atoms with Crippen molar-refractivity contribution in [2.75, 3.05) is 13.7 Å². The van der Waals surface area contributed by atoms with Crippen LogP contribution in [0, 0.1) is 0 Å². The number of nitrogens with zero attached hydrogens (tertiary/aromatic N) is 1. The number of benzene rings is 1. The van der Waals surface area contributed by atoms with Crippen molar-refractivity contribution < 1.29 is 13.9 Å². The lowest BCUT2D eigenvalue weighted by molar-refractivity contribution is 0.0680. The van der Waals surface area contributed by atoms with Gasteiger partial charge in [0.15, 0.2) is 0 Å². The van der Waals surface area contributed by atoms with Crippen LogP contribution < -0.4 is 4.74 Å². The Morgan fingerprint density at radius 3 is 2.68 bits per heavy atom. The zero-order valence-electron chi connectivity index (χ0n) is 12.8. The molecule has 4 heteroatoms. The predicted octanol–water partition coefficient (Wildman–Crippen LogP) is 4.05. The number of likely N-dealkylation sites (tertiary alicyclic amines) is 1. The summed E-state index contributed by atoms with van der Waals surface area (Å²) in [6.45, 7) is 0.792. The minimum atomic E-state index is 0.0523. The van der Waals surface area contributed by atoms with Gasteiger partial charge < -0.3 is 14.1 Å². The van der Waals surface area contributed by atoms with Crippen molar-refractivity contribution in [1.29, 1.82) is 0 Å². The minimum absolute atomic E-state index is 0.0523. The van der Waals surface area contributed by atoms with Crippen molar-refractivity contribution >= 4 is 5.91 Å². The van der Waals surface area contributed by atoms with E-state index in [9.17, 15) is 4.79 Å². The van der Waals surface area contributed by atoms with Gasteiger partial charge in [-0.1, -0.05) is 25.0 Å². The van der Waals surface area contributed by atoms with Gasteiger partial charge in [-0.25, -0.2) is 0 Å². The molecule has 0 aliphatic carbocycles. The summed E-state index contributed by atoms with van der Waals surface area (Å²) in [6, 6.07) is 9.89. The van der Waals surface area contributed by atoms with E-state index in [0.717, 1.165) is 31.6 Å². The van der Waals surface area contributed by atoms with Crippen LogP contribution in [0.2, 0.25) is 0 Å². The topological polar surface area (TPSA) is 42.7 Å². The Hall–Kier alpha value is -2.23. The molecule has 3 rings (SSSR count). The van der Waals surface area contributed by atoms with Crippen LogP contribution in [0.4, 0.5) is 0 Å². The van der Waals surface area contributed by atoms with Crippen molar-refractivity contribution in [3.63, 3.8) is 0 Å². The van der Waals surface area contributed by atoms with Gasteiger partial charge in [-0.15, -0.1) is 0 Å². The Kier molecular flexibility index (Phi) is 4.47. The largest absolute Gasteiger partial charge is 0.497 e. The monoisotopic (exact) mass is 299 g/mol. The van der Waals surface area contributed by atoms with E-state index in [1.165, 1.54) is 18.2 Å². The first-order valence-corrected chi connectivity index (χ1v) is 7.76. The molecule has 0 spiro atoms. The highest BCUT2D eigenvalue weighted by Crippen LogP contribution is 2.32. The van der Waals surface area contributed by atoms with Gasteiger partial charge >= 0.3 is 0 Å². The SMILES string of the molecule is COc1ccc(C2CCCCCN2C(=O)c2ccoc2)cc1. The Morgan fingerprint density at radius 2 is 2.00 bits per heavy atom. The summed E-state index contributed by atoms with van der Waals surface area (Å²) in [5.41, 5.74) is 1.79. The molecule has 2 aromatic rings. The quantitative estimate of drug-likeness (QED) is 0.859. The van der Waals surface area contributed by atoms with E-state index < -0.39 is 0 Å². The summed E-state index contributed by atoms with van der Waals surface area (Å²) in [6.07, 6.45) is 7.44. The van der Waals surface area contributed by atoms with Crippen LogP contribution in [0.3, 0.4) is 0 Å². The zero-order chi connectivity index (χ0) is 15.4. The summed E-state index contributed by atoms with van der Waals surface area (Å²) in [4.78, 5) is 14.7. The molecule has 1 atom stereocenters. The first kappa shape index (κ1) is 14.7. The number of carbonyl (C=O) groups is 1. The van der Waals surface area contributed by atoms with Crippen molar-refractivity contribution in [3.8, 4) is 5.75 Å². The second-order valence-corrected chi connectivity index (χ2v) is 5.65. The molecule has 22 heavy (non-hydrogen) atoms. The molecule has 1 aliphatic heterocycles. The number of furan rings is 1. The number of rotatable bonds is 3. The zero-order valence-corrected chi connectivity index (χ0v) is 12.8. The smallest absolute Gasteiger partial charge is 0.257 e. The van der Waals surface area contributed by atoms with E-state index in [1.54, 1.807) is 19.4 Å². The Balaban J connectivity index is 1.88. The van der Waals surface area contributed by atoms with Gasteiger partial charge in [0.1, 0.15) is 12.0 Å². The molecule has 1 unspecified atom stereocenters. The summed E-state index contributed by atoms with van der Waals surface area (Å²) in [7, 11) is 1.66. The van der Waals surface area contributed by atoms with Gasteiger partial charge in [-0.05, 0) is 36.6 Å². The fourth-order valence-corrected chi connectivity index (χ4v) is 3.08. The average molecular weight is 299 g/mol. The van der Waals surface area contributed by atoms with Gasteiger partial charge in [0, 0.05) is 6.54 Å². The first-order chi connectivity index (χ1) is 10.8. The molecular formula is C18H21NO3. The van der Waals surface area contributed by atoms with Crippen LogP contribution in [0.5, 0.6) is 5.75 Å². The Labute approximate surface area is 130 Å². The Bertz CT molecular complexity index is 604. The molecule has 116 valence electrons. The highest BCUT2D eigenvalue weighted by molar-refractivity contribution is 5.94. The lowest BCUT2D eigenvalue weighted by atomic mass is 10.00. The average Bonchev–Trinajstić information content (AvgIpc) is 2.99. The fraction of sp³-hybridized carbons (Fsp3) is 0.389. The van der Waals surface area contributed by atoms with Crippen LogP contribution in [-0.2, 0) is 0 Å². The summed E-state index contributed by atoms with van der Waals surface area (Å²) >= 11 is 0. The molecule has 1 saturated heterocycles. The molecule has 1 aromatic heterocycles. The maximum absolute atomic E-state index is 12.8. The molecule has 4 nitrogen and oxygen atoms in total. The lowest BCUT2D eigenvalue weighted by Crippen LogP contribution is -2.34. The molecule has 1 aromatic carbocycles. The van der Waals surface area contributed by atoms with Crippen molar-refractivity contribution in [2.45, 2.75) is 31.7 Å². The number of carbonyl (C=O) groups excluding carboxylic acids is 1. The van der Waals surface area contributed by atoms with Crippen LogP contribution in [0.25, 0.3) is 0 Å². The van der Waals surface area contributed by atoms with Crippen LogP contribution in [0.15, 0.2) is 47.3 Å². The van der Waals surface area contributed by atoms with Crippen molar-refractivity contribution in [3.05, 3.63) is 54.0 Å². The molecule has 1 fully saturated rings. The predicted molar refractivity (Wildman–Crippen MR) is 83.9 cm³/mol. The van der Waals surface area contributed by atoms with Gasteiger partial charge in [0.2, 0.25) is 0 Å². The second kappa shape index (κ2) is 6.69. The van der Waals surface area contributed by atoms with E-state index in [4.69, 9.17) is 9.15 Å². The number of ether oxygens (including phenoxy) is 1. The van der Waals surface area contributed by atoms with E-state index >= 15 is 0 Å². The molecule has 1 aliphatic rings. The summed E-state index contributed by atoms with van der Waals surface area (Å²) < 4.78 is 10.3.